The van der Waals surface area contributed by atoms with Crippen molar-refractivity contribution in [2.45, 2.75) is 18.1 Å². The molecule has 3 rings (SSSR count). The maximum Gasteiger partial charge on any atom is 0.254 e. The monoisotopic (exact) mass is 325 g/mol. The van der Waals surface area contributed by atoms with Crippen molar-refractivity contribution in [3.63, 3.8) is 0 Å². The van der Waals surface area contributed by atoms with Crippen LogP contribution in [0.2, 0.25) is 0 Å². The average Bonchev–Trinajstić information content (AvgIpc) is 2.63. The van der Waals surface area contributed by atoms with Gasteiger partial charge in [-0.05, 0) is 38.2 Å². The smallest absolute Gasteiger partial charge is 0.254 e. The highest BCUT2D eigenvalue weighted by atomic mass is 16.3. The van der Waals surface area contributed by atoms with E-state index in [2.05, 4.69) is 4.98 Å². The summed E-state index contributed by atoms with van der Waals surface area (Å²) in [6.45, 7) is 1.01. The first-order valence-electron chi connectivity index (χ1n) is 8.16. The first-order chi connectivity index (χ1) is 11.5. The minimum absolute atomic E-state index is 0.0145. The van der Waals surface area contributed by atoms with E-state index in [9.17, 15) is 9.90 Å². The molecule has 1 aliphatic rings. The van der Waals surface area contributed by atoms with Gasteiger partial charge in [-0.25, -0.2) is 0 Å². The molecular weight excluding hydrogens is 302 g/mol. The number of likely N-dealkylation sites (N-methyl/N-ethyl adjacent to an activating group) is 1. The van der Waals surface area contributed by atoms with Crippen molar-refractivity contribution in [3.05, 3.63) is 66.0 Å². The molecule has 1 saturated heterocycles. The molecule has 1 N–H and O–H groups in total. The highest BCUT2D eigenvalue weighted by Gasteiger charge is 2.45. The van der Waals surface area contributed by atoms with Gasteiger partial charge in [0.2, 0.25) is 0 Å². The molecule has 1 aromatic carbocycles. The molecule has 0 saturated carbocycles. The fraction of sp³-hybridized carbons (Fsp3) is 0.368. The van der Waals surface area contributed by atoms with E-state index in [0.717, 1.165) is 5.56 Å². The Kier molecular flexibility index (Phi) is 4.64. The Hall–Kier alpha value is -2.24. The lowest BCUT2D eigenvalue weighted by Crippen LogP contribution is -2.60. The van der Waals surface area contributed by atoms with Crippen LogP contribution in [0.1, 0.15) is 22.3 Å². The molecule has 0 radical (unpaired) electrons. The minimum Gasteiger partial charge on any atom is -0.383 e. The number of benzene rings is 1. The number of piperidine rings is 1. The third kappa shape index (κ3) is 3.05. The van der Waals surface area contributed by atoms with Gasteiger partial charge in [0.1, 0.15) is 5.60 Å². The van der Waals surface area contributed by atoms with Gasteiger partial charge in [-0.3, -0.25) is 9.78 Å². The first kappa shape index (κ1) is 16.6. The fourth-order valence-electron chi connectivity index (χ4n) is 3.44. The van der Waals surface area contributed by atoms with E-state index < -0.39 is 5.60 Å². The summed E-state index contributed by atoms with van der Waals surface area (Å²) in [5, 5.41) is 11.4. The molecule has 5 heteroatoms. The molecule has 1 aliphatic heterocycles. The number of aliphatic hydroxyl groups is 1. The number of hydrogen-bond acceptors (Lipinski definition) is 4. The van der Waals surface area contributed by atoms with Gasteiger partial charge in [0, 0.05) is 31.0 Å². The lowest BCUT2D eigenvalue weighted by atomic mass is 9.79. The number of hydrogen-bond donors (Lipinski definition) is 1. The number of likely N-dealkylation sites (tertiary alicyclic amines) is 1. The van der Waals surface area contributed by atoms with E-state index >= 15 is 0 Å². The SMILES string of the molecule is CN(C)[C@@H]1CN(C(=O)c2ccncc2)CC[C@]1(O)c1ccccc1. The summed E-state index contributed by atoms with van der Waals surface area (Å²) >= 11 is 0. The zero-order valence-electron chi connectivity index (χ0n) is 14.1. The zero-order valence-corrected chi connectivity index (χ0v) is 14.1. The van der Waals surface area contributed by atoms with Crippen molar-refractivity contribution >= 4 is 5.91 Å². The molecular formula is C19H23N3O2. The normalized spacial score (nSPS) is 24.2. The molecule has 126 valence electrons. The van der Waals surface area contributed by atoms with Crippen LogP contribution in [0.5, 0.6) is 0 Å². The van der Waals surface area contributed by atoms with Crippen LogP contribution in [-0.4, -0.2) is 59.0 Å². The summed E-state index contributed by atoms with van der Waals surface area (Å²) in [4.78, 5) is 20.5. The van der Waals surface area contributed by atoms with Crippen LogP contribution in [0.15, 0.2) is 54.9 Å². The predicted molar refractivity (Wildman–Crippen MR) is 92.6 cm³/mol. The van der Waals surface area contributed by atoms with Gasteiger partial charge in [-0.1, -0.05) is 30.3 Å². The maximum absolute atomic E-state index is 12.7. The second-order valence-corrected chi connectivity index (χ2v) is 6.51. The molecule has 5 nitrogen and oxygen atoms in total. The average molecular weight is 325 g/mol. The lowest BCUT2D eigenvalue weighted by molar-refractivity contribution is -0.0810. The number of aromatic nitrogens is 1. The Morgan fingerprint density at radius 2 is 1.88 bits per heavy atom. The minimum atomic E-state index is -0.959. The van der Waals surface area contributed by atoms with Crippen LogP contribution < -0.4 is 0 Å². The third-order valence-corrected chi connectivity index (χ3v) is 4.82. The van der Waals surface area contributed by atoms with E-state index in [1.165, 1.54) is 0 Å². The Morgan fingerprint density at radius 1 is 1.21 bits per heavy atom. The van der Waals surface area contributed by atoms with Crippen molar-refractivity contribution in [2.24, 2.45) is 0 Å². The summed E-state index contributed by atoms with van der Waals surface area (Å²) in [5.41, 5.74) is 0.576. The van der Waals surface area contributed by atoms with Gasteiger partial charge in [-0.2, -0.15) is 0 Å². The van der Waals surface area contributed by atoms with Crippen LogP contribution in [0.3, 0.4) is 0 Å². The highest BCUT2D eigenvalue weighted by Crippen LogP contribution is 2.35. The number of carbonyl (C=O) groups is 1. The molecule has 0 spiro atoms. The van der Waals surface area contributed by atoms with Crippen LogP contribution in [0.25, 0.3) is 0 Å². The van der Waals surface area contributed by atoms with Crippen molar-refractivity contribution < 1.29 is 9.90 Å². The van der Waals surface area contributed by atoms with Crippen molar-refractivity contribution in [3.8, 4) is 0 Å². The van der Waals surface area contributed by atoms with E-state index in [4.69, 9.17) is 0 Å². The number of nitrogens with zero attached hydrogens (tertiary/aromatic N) is 3. The Morgan fingerprint density at radius 3 is 2.50 bits per heavy atom. The lowest BCUT2D eigenvalue weighted by Gasteiger charge is -2.47. The van der Waals surface area contributed by atoms with Gasteiger partial charge in [0.25, 0.3) is 5.91 Å². The molecule has 0 unspecified atom stereocenters. The molecule has 2 heterocycles. The zero-order chi connectivity index (χ0) is 17.2. The van der Waals surface area contributed by atoms with Crippen LogP contribution in [-0.2, 0) is 5.60 Å². The third-order valence-electron chi connectivity index (χ3n) is 4.82. The highest BCUT2D eigenvalue weighted by molar-refractivity contribution is 5.94. The second kappa shape index (κ2) is 6.71. The summed E-state index contributed by atoms with van der Waals surface area (Å²) in [5.74, 6) is -0.0145. The number of pyridine rings is 1. The van der Waals surface area contributed by atoms with Gasteiger partial charge in [0.05, 0.1) is 6.04 Å². The fourth-order valence-corrected chi connectivity index (χ4v) is 3.44. The Balaban J connectivity index is 1.85. The summed E-state index contributed by atoms with van der Waals surface area (Å²) in [6, 6.07) is 13.0. The van der Waals surface area contributed by atoms with Crippen molar-refractivity contribution in [1.82, 2.24) is 14.8 Å². The summed E-state index contributed by atoms with van der Waals surface area (Å²) in [6.07, 6.45) is 3.76. The largest absolute Gasteiger partial charge is 0.383 e. The number of amides is 1. The van der Waals surface area contributed by atoms with E-state index in [1.54, 1.807) is 24.5 Å². The van der Waals surface area contributed by atoms with Gasteiger partial charge < -0.3 is 14.9 Å². The number of rotatable bonds is 3. The van der Waals surface area contributed by atoms with Crippen molar-refractivity contribution in [1.29, 1.82) is 0 Å². The van der Waals surface area contributed by atoms with Gasteiger partial charge in [-0.15, -0.1) is 0 Å². The molecule has 24 heavy (non-hydrogen) atoms. The summed E-state index contributed by atoms with van der Waals surface area (Å²) < 4.78 is 0. The maximum atomic E-state index is 12.7. The summed E-state index contributed by atoms with van der Waals surface area (Å²) in [7, 11) is 3.89. The molecule has 0 bridgehead atoms. The van der Waals surface area contributed by atoms with E-state index in [-0.39, 0.29) is 11.9 Å². The van der Waals surface area contributed by atoms with E-state index in [0.29, 0.717) is 25.1 Å². The first-order valence-corrected chi connectivity index (χ1v) is 8.16. The number of carbonyl (C=O) groups excluding carboxylic acids is 1. The quantitative estimate of drug-likeness (QED) is 0.934. The molecule has 1 aromatic heterocycles. The topological polar surface area (TPSA) is 56.7 Å². The Bertz CT molecular complexity index is 690. The molecule has 2 atom stereocenters. The molecule has 1 fully saturated rings. The molecule has 1 amide bonds. The van der Waals surface area contributed by atoms with Crippen LogP contribution in [0.4, 0.5) is 0 Å². The molecule has 0 aliphatic carbocycles. The van der Waals surface area contributed by atoms with Crippen LogP contribution in [0, 0.1) is 0 Å². The van der Waals surface area contributed by atoms with Gasteiger partial charge >= 0.3 is 0 Å². The van der Waals surface area contributed by atoms with Gasteiger partial charge in [0.15, 0.2) is 0 Å². The molecule has 2 aromatic rings. The van der Waals surface area contributed by atoms with E-state index in [1.807, 2.05) is 54.2 Å². The van der Waals surface area contributed by atoms with Crippen LogP contribution >= 0.6 is 0 Å². The Labute approximate surface area is 142 Å². The van der Waals surface area contributed by atoms with Crippen molar-refractivity contribution in [2.75, 3.05) is 27.2 Å². The standard InChI is InChI=1S/C19H23N3O2/c1-21(2)17-14-22(18(23)15-8-11-20-12-9-15)13-10-19(17,24)16-6-4-3-5-7-16/h3-9,11-12,17,24H,10,13-14H2,1-2H3/t17-,19+/m1/s1. The predicted octanol–water partition coefficient (Wildman–Crippen LogP) is 1.75. The second-order valence-electron chi connectivity index (χ2n) is 6.51.